The molecule has 0 saturated carbocycles. The zero-order valence-electron chi connectivity index (χ0n) is 19.1. The third kappa shape index (κ3) is 11.0. The van der Waals surface area contributed by atoms with E-state index in [1.807, 2.05) is 20.8 Å². The summed E-state index contributed by atoms with van der Waals surface area (Å²) in [7, 11) is 0. The normalized spacial score (nSPS) is 19.2. The van der Waals surface area contributed by atoms with Gasteiger partial charge in [-0.15, -0.1) is 24.0 Å². The summed E-state index contributed by atoms with van der Waals surface area (Å²) < 4.78 is 10.8. The van der Waals surface area contributed by atoms with Gasteiger partial charge in [-0.3, -0.25) is 14.8 Å². The first-order valence-corrected chi connectivity index (χ1v) is 10.9. The van der Waals surface area contributed by atoms with Gasteiger partial charge in [0.05, 0.1) is 19.8 Å². The fraction of sp³-hybridized carbons (Fsp3) is 0.900. The molecule has 0 aromatic carbocycles. The van der Waals surface area contributed by atoms with Crippen molar-refractivity contribution in [2.45, 2.75) is 33.3 Å². The summed E-state index contributed by atoms with van der Waals surface area (Å²) in [5.41, 5.74) is -0.444. The lowest BCUT2D eigenvalue weighted by atomic mass is 10.2. The number of hydrogen-bond donors (Lipinski definition) is 2. The lowest BCUT2D eigenvalue weighted by Crippen LogP contribution is -2.50. The van der Waals surface area contributed by atoms with Crippen molar-refractivity contribution in [2.24, 2.45) is 4.99 Å². The van der Waals surface area contributed by atoms with Gasteiger partial charge in [-0.1, -0.05) is 0 Å². The zero-order chi connectivity index (χ0) is 21.1. The van der Waals surface area contributed by atoms with Crippen LogP contribution in [0.3, 0.4) is 0 Å². The Bertz CT molecular complexity index is 515. The average molecular weight is 540 g/mol. The third-order valence-electron chi connectivity index (χ3n) is 4.88. The Balaban J connectivity index is 0.00000450. The van der Waals surface area contributed by atoms with Crippen molar-refractivity contribution in [3.05, 3.63) is 0 Å². The predicted molar refractivity (Wildman–Crippen MR) is 131 cm³/mol. The van der Waals surface area contributed by atoms with Crippen LogP contribution in [0, 0.1) is 0 Å². The Kier molecular flexibility index (Phi) is 12.9. The SMILES string of the molecule is CCNC(=NCCN1CCN(C(=O)OC(C)(C)C)CC1)NCCN1CCOCC1.I. The van der Waals surface area contributed by atoms with Crippen molar-refractivity contribution in [3.63, 3.8) is 0 Å². The van der Waals surface area contributed by atoms with E-state index in [2.05, 4.69) is 27.4 Å². The average Bonchev–Trinajstić information content (AvgIpc) is 2.68. The Morgan fingerprint density at radius 1 is 1.00 bits per heavy atom. The quantitative estimate of drug-likeness (QED) is 0.284. The Labute approximate surface area is 198 Å². The van der Waals surface area contributed by atoms with Crippen molar-refractivity contribution in [1.82, 2.24) is 25.3 Å². The number of nitrogens with one attached hydrogen (secondary N) is 2. The highest BCUT2D eigenvalue weighted by atomic mass is 127. The number of halogens is 1. The molecule has 1 amide bonds. The molecule has 176 valence electrons. The van der Waals surface area contributed by atoms with Gasteiger partial charge in [0, 0.05) is 65.4 Å². The van der Waals surface area contributed by atoms with Crippen LogP contribution < -0.4 is 10.6 Å². The summed E-state index contributed by atoms with van der Waals surface area (Å²) >= 11 is 0. The number of carbonyl (C=O) groups is 1. The van der Waals surface area contributed by atoms with Crippen LogP contribution in [0.15, 0.2) is 4.99 Å². The minimum Gasteiger partial charge on any atom is -0.444 e. The molecular weight excluding hydrogens is 499 g/mol. The third-order valence-corrected chi connectivity index (χ3v) is 4.88. The molecule has 0 aromatic rings. The molecule has 2 heterocycles. The van der Waals surface area contributed by atoms with Crippen LogP contribution in [0.1, 0.15) is 27.7 Å². The smallest absolute Gasteiger partial charge is 0.410 e. The van der Waals surface area contributed by atoms with Crippen LogP contribution in [-0.4, -0.2) is 118 Å². The van der Waals surface area contributed by atoms with E-state index in [0.717, 1.165) is 78.1 Å². The van der Waals surface area contributed by atoms with Crippen molar-refractivity contribution in [3.8, 4) is 0 Å². The molecular formula is C20H41IN6O3. The molecule has 2 aliphatic heterocycles. The second-order valence-corrected chi connectivity index (χ2v) is 8.45. The molecule has 0 aliphatic carbocycles. The lowest BCUT2D eigenvalue weighted by molar-refractivity contribution is 0.0148. The zero-order valence-corrected chi connectivity index (χ0v) is 21.4. The molecule has 2 rings (SSSR count). The highest BCUT2D eigenvalue weighted by Gasteiger charge is 2.25. The fourth-order valence-electron chi connectivity index (χ4n) is 3.28. The number of guanidine groups is 1. The van der Waals surface area contributed by atoms with Gasteiger partial charge in [0.15, 0.2) is 5.96 Å². The van der Waals surface area contributed by atoms with Crippen molar-refractivity contribution in [1.29, 1.82) is 0 Å². The highest BCUT2D eigenvalue weighted by Crippen LogP contribution is 2.11. The number of ether oxygens (including phenoxy) is 2. The van der Waals surface area contributed by atoms with E-state index < -0.39 is 5.60 Å². The molecule has 30 heavy (non-hydrogen) atoms. The summed E-state index contributed by atoms with van der Waals surface area (Å²) in [6, 6.07) is 0. The van der Waals surface area contributed by atoms with Crippen LogP contribution in [0.4, 0.5) is 4.79 Å². The van der Waals surface area contributed by atoms with E-state index in [1.54, 1.807) is 4.90 Å². The second kappa shape index (κ2) is 14.3. The summed E-state index contributed by atoms with van der Waals surface area (Å²) in [5, 5.41) is 6.73. The minimum absolute atomic E-state index is 0. The van der Waals surface area contributed by atoms with Gasteiger partial charge in [0.1, 0.15) is 5.60 Å². The molecule has 2 fully saturated rings. The molecule has 0 unspecified atom stereocenters. The molecule has 0 atom stereocenters. The van der Waals surface area contributed by atoms with Crippen molar-refractivity contribution < 1.29 is 14.3 Å². The van der Waals surface area contributed by atoms with Crippen LogP contribution in [0.25, 0.3) is 0 Å². The molecule has 0 bridgehead atoms. The van der Waals surface area contributed by atoms with Gasteiger partial charge in [-0.05, 0) is 27.7 Å². The van der Waals surface area contributed by atoms with Gasteiger partial charge >= 0.3 is 6.09 Å². The van der Waals surface area contributed by atoms with Gasteiger partial charge in [0.2, 0.25) is 0 Å². The van der Waals surface area contributed by atoms with Gasteiger partial charge in [-0.2, -0.15) is 0 Å². The fourth-order valence-corrected chi connectivity index (χ4v) is 3.28. The van der Waals surface area contributed by atoms with Crippen LogP contribution in [0.5, 0.6) is 0 Å². The number of hydrogen-bond acceptors (Lipinski definition) is 6. The Morgan fingerprint density at radius 2 is 1.63 bits per heavy atom. The first kappa shape index (κ1) is 27.2. The maximum atomic E-state index is 12.1. The highest BCUT2D eigenvalue weighted by molar-refractivity contribution is 14.0. The maximum Gasteiger partial charge on any atom is 0.410 e. The van der Waals surface area contributed by atoms with Crippen LogP contribution in [-0.2, 0) is 9.47 Å². The van der Waals surface area contributed by atoms with E-state index in [9.17, 15) is 4.79 Å². The molecule has 10 heteroatoms. The van der Waals surface area contributed by atoms with Gasteiger partial charge < -0.3 is 25.0 Å². The monoisotopic (exact) mass is 540 g/mol. The molecule has 2 saturated heterocycles. The van der Waals surface area contributed by atoms with E-state index in [0.29, 0.717) is 13.1 Å². The number of piperazine rings is 1. The first-order valence-electron chi connectivity index (χ1n) is 10.9. The van der Waals surface area contributed by atoms with Gasteiger partial charge in [-0.25, -0.2) is 4.79 Å². The number of carbonyl (C=O) groups excluding carboxylic acids is 1. The number of amides is 1. The van der Waals surface area contributed by atoms with Crippen molar-refractivity contribution >= 4 is 36.0 Å². The number of aliphatic imine (C=N–C) groups is 1. The number of rotatable bonds is 7. The van der Waals surface area contributed by atoms with E-state index in [-0.39, 0.29) is 30.1 Å². The van der Waals surface area contributed by atoms with E-state index in [1.165, 1.54) is 0 Å². The summed E-state index contributed by atoms with van der Waals surface area (Å²) in [4.78, 5) is 23.4. The first-order chi connectivity index (χ1) is 13.9. The topological polar surface area (TPSA) is 81.7 Å². The summed E-state index contributed by atoms with van der Waals surface area (Å²) in [6.07, 6.45) is -0.214. The summed E-state index contributed by atoms with van der Waals surface area (Å²) in [5.74, 6) is 0.869. The molecule has 0 radical (unpaired) electrons. The largest absolute Gasteiger partial charge is 0.444 e. The molecule has 2 aliphatic rings. The molecule has 0 aromatic heterocycles. The maximum absolute atomic E-state index is 12.1. The molecule has 9 nitrogen and oxygen atoms in total. The Hall–Kier alpha value is -0.850. The van der Waals surface area contributed by atoms with E-state index in [4.69, 9.17) is 14.5 Å². The van der Waals surface area contributed by atoms with Gasteiger partial charge in [0.25, 0.3) is 0 Å². The standard InChI is InChI=1S/C20H40N6O3.HI/c1-5-21-18(23-7-9-25-14-16-28-17-15-25)22-6-8-24-10-12-26(13-11-24)19(27)29-20(2,3)4;/h5-17H2,1-4H3,(H2,21,22,23);1H. The molecule has 2 N–H and O–H groups in total. The van der Waals surface area contributed by atoms with Crippen LogP contribution >= 0.6 is 24.0 Å². The van der Waals surface area contributed by atoms with Crippen LogP contribution in [0.2, 0.25) is 0 Å². The van der Waals surface area contributed by atoms with Crippen molar-refractivity contribution in [2.75, 3.05) is 85.2 Å². The second-order valence-electron chi connectivity index (χ2n) is 8.45. The predicted octanol–water partition coefficient (Wildman–Crippen LogP) is 1.04. The Morgan fingerprint density at radius 3 is 2.23 bits per heavy atom. The summed E-state index contributed by atoms with van der Waals surface area (Å²) in [6.45, 7) is 18.9. The number of nitrogens with zero attached hydrogens (tertiary/aromatic N) is 4. The van der Waals surface area contributed by atoms with E-state index >= 15 is 0 Å². The number of morpholine rings is 1. The lowest BCUT2D eigenvalue weighted by Gasteiger charge is -2.35. The molecule has 0 spiro atoms. The minimum atomic E-state index is -0.444.